The summed E-state index contributed by atoms with van der Waals surface area (Å²) in [6, 6.07) is 25.0. The molecule has 0 aliphatic carbocycles. The van der Waals surface area contributed by atoms with Crippen LogP contribution in [0.4, 0.5) is 0 Å². The van der Waals surface area contributed by atoms with E-state index in [-0.39, 0.29) is 47.9 Å². The van der Waals surface area contributed by atoms with E-state index in [2.05, 4.69) is 99.9 Å². The van der Waals surface area contributed by atoms with E-state index in [4.69, 9.17) is 4.98 Å². The third-order valence-corrected chi connectivity index (χ3v) is 10.9. The minimum Gasteiger partial charge on any atom is -0.512 e. The van der Waals surface area contributed by atoms with Crippen molar-refractivity contribution in [3.8, 4) is 22.5 Å². The quantitative estimate of drug-likeness (QED) is 0.0696. The Kier molecular flexibility index (Phi) is 13.0. The summed E-state index contributed by atoms with van der Waals surface area (Å²) in [7, 11) is 4.22. The monoisotopic (exact) mass is 840 g/mol. The summed E-state index contributed by atoms with van der Waals surface area (Å²) < 4.78 is 1.92. The molecule has 5 rings (SSSR count). The van der Waals surface area contributed by atoms with Gasteiger partial charge in [0.1, 0.15) is 16.3 Å². The van der Waals surface area contributed by atoms with Gasteiger partial charge < -0.3 is 9.67 Å². The van der Waals surface area contributed by atoms with E-state index in [9.17, 15) is 9.90 Å². The first-order valence-electron chi connectivity index (χ1n) is 16.8. The molecule has 0 unspecified atom stereocenters. The van der Waals surface area contributed by atoms with Crippen molar-refractivity contribution in [1.82, 2.24) is 4.98 Å². The zero-order chi connectivity index (χ0) is 34.6. The summed E-state index contributed by atoms with van der Waals surface area (Å²) in [5, 5.41) is 15.8. The average molecular weight is 840 g/mol. The number of benzene rings is 2. The van der Waals surface area contributed by atoms with Crippen LogP contribution in [-0.4, -0.2) is 15.9 Å². The van der Waals surface area contributed by atoms with Crippen LogP contribution in [-0.2, 0) is 30.3 Å². The van der Waals surface area contributed by atoms with Gasteiger partial charge in [0.25, 0.3) is 0 Å². The SMILES string of the molecule is CCC(C)(CC)C(=O)/C=C(\O)C(C)(CC)CC.[CH2-][n+]1ccc(-c2ccc3ccsc3n2)cc1-c1[c-]c2ccccc2c(C(C)(C)C)c1.[Ir]. The van der Waals surface area contributed by atoms with Gasteiger partial charge in [-0.1, -0.05) is 91.5 Å². The topological polar surface area (TPSA) is 54.1 Å². The van der Waals surface area contributed by atoms with Crippen LogP contribution in [0.5, 0.6) is 0 Å². The number of aliphatic hydroxyl groups excluding tert-OH is 1. The van der Waals surface area contributed by atoms with E-state index < -0.39 is 0 Å². The molecule has 0 amide bonds. The molecule has 3 aromatic heterocycles. The molecule has 0 spiro atoms. The summed E-state index contributed by atoms with van der Waals surface area (Å²) >= 11 is 1.67. The number of hydrogen-bond acceptors (Lipinski definition) is 4. The maximum atomic E-state index is 12.2. The molecule has 5 aromatic rings. The molecule has 0 atom stereocenters. The predicted molar refractivity (Wildman–Crippen MR) is 200 cm³/mol. The van der Waals surface area contributed by atoms with Crippen LogP contribution in [0.25, 0.3) is 43.5 Å². The summed E-state index contributed by atoms with van der Waals surface area (Å²) in [6.07, 6.45) is 6.76. The number of rotatable bonds is 9. The maximum Gasteiger partial charge on any atom is 0.164 e. The number of aromatic nitrogens is 2. The number of ketones is 1. The second-order valence-electron chi connectivity index (χ2n) is 14.1. The van der Waals surface area contributed by atoms with E-state index in [1.165, 1.54) is 22.4 Å². The van der Waals surface area contributed by atoms with Crippen molar-refractivity contribution in [3.05, 3.63) is 103 Å². The van der Waals surface area contributed by atoms with Gasteiger partial charge in [0.15, 0.2) is 5.78 Å². The Morgan fingerprint density at radius 2 is 1.56 bits per heavy atom. The molecule has 6 heteroatoms. The molecule has 2 aromatic carbocycles. The smallest absolute Gasteiger partial charge is 0.164 e. The third-order valence-electron chi connectivity index (χ3n) is 10.1. The molecule has 4 nitrogen and oxygen atoms in total. The maximum absolute atomic E-state index is 12.2. The Morgan fingerprint density at radius 1 is 0.917 bits per heavy atom. The number of carbonyl (C=O) groups excluding carboxylic acids is 1. The van der Waals surface area contributed by atoms with E-state index in [1.54, 1.807) is 11.3 Å². The van der Waals surface area contributed by atoms with Crippen LogP contribution in [0, 0.1) is 23.9 Å². The molecular formula is C42H51IrN2O2S-. The fourth-order valence-corrected chi connectivity index (χ4v) is 6.36. The van der Waals surface area contributed by atoms with E-state index >= 15 is 0 Å². The first-order valence-corrected chi connectivity index (χ1v) is 17.7. The summed E-state index contributed by atoms with van der Waals surface area (Å²) in [4.78, 5) is 18.1. The van der Waals surface area contributed by atoms with Crippen molar-refractivity contribution in [1.29, 1.82) is 0 Å². The molecule has 1 radical (unpaired) electrons. The van der Waals surface area contributed by atoms with Crippen molar-refractivity contribution in [3.63, 3.8) is 0 Å². The fourth-order valence-electron chi connectivity index (χ4n) is 5.60. The van der Waals surface area contributed by atoms with Crippen molar-refractivity contribution < 1.29 is 34.6 Å². The Morgan fingerprint density at radius 3 is 2.19 bits per heavy atom. The van der Waals surface area contributed by atoms with Crippen LogP contribution in [0.2, 0.25) is 0 Å². The molecule has 257 valence electrons. The molecule has 0 aliphatic rings. The molecule has 0 fully saturated rings. The van der Waals surface area contributed by atoms with Gasteiger partial charge in [-0.15, -0.1) is 40.5 Å². The van der Waals surface area contributed by atoms with Gasteiger partial charge in [0, 0.05) is 49.4 Å². The normalized spacial score (nSPS) is 12.4. The molecule has 1 N–H and O–H groups in total. The average Bonchev–Trinajstić information content (AvgIpc) is 3.55. The Labute approximate surface area is 305 Å². The summed E-state index contributed by atoms with van der Waals surface area (Å²) in [5.41, 5.74) is 4.87. The summed E-state index contributed by atoms with van der Waals surface area (Å²) in [6.45, 7) is 18.9. The molecule has 3 heterocycles. The van der Waals surface area contributed by atoms with E-state index in [0.29, 0.717) is 0 Å². The van der Waals surface area contributed by atoms with Crippen molar-refractivity contribution >= 4 is 38.1 Å². The van der Waals surface area contributed by atoms with Crippen LogP contribution >= 0.6 is 11.3 Å². The number of nitrogens with zero attached hydrogens (tertiary/aromatic N) is 2. The number of thiophene rings is 1. The Bertz CT molecular complexity index is 1890. The fraction of sp³-hybridized carbons (Fsp3) is 0.381. The van der Waals surface area contributed by atoms with Crippen LogP contribution in [0.1, 0.15) is 93.6 Å². The standard InChI is InChI=1S/C27H23N2S.C15H28O2.Ir/c1-27(2,3)23-16-21(15-19-7-5-6-8-22(19)23)25-17-20(11-13-29(25)4)24-10-9-18-12-14-30-26(18)28-24;1-7-14(5,8-2)12(16)11-13(17)15(6,9-3)10-4;/h5-14,16-17H,4H2,1-3H3;11,16H,7-10H2,1-6H3;/q-1;;/b;12-11-;. The number of aliphatic hydroxyl groups is 1. The van der Waals surface area contributed by atoms with Crippen LogP contribution in [0.15, 0.2) is 84.1 Å². The van der Waals surface area contributed by atoms with Gasteiger partial charge in [-0.3, -0.25) is 4.79 Å². The minimum atomic E-state index is -0.337. The number of allylic oxidation sites excluding steroid dienone is 2. The van der Waals surface area contributed by atoms with Crippen molar-refractivity contribution in [2.75, 3.05) is 0 Å². The van der Waals surface area contributed by atoms with E-state index in [1.807, 2.05) is 52.3 Å². The largest absolute Gasteiger partial charge is 0.512 e. The summed E-state index contributed by atoms with van der Waals surface area (Å²) in [5.74, 6) is 0.286. The molecule has 0 saturated carbocycles. The predicted octanol–water partition coefficient (Wildman–Crippen LogP) is 11.5. The Hall–Kier alpha value is -3.31. The van der Waals surface area contributed by atoms with Crippen LogP contribution < -0.4 is 4.57 Å². The first kappa shape index (κ1) is 39.1. The molecule has 0 aliphatic heterocycles. The van der Waals surface area contributed by atoms with Gasteiger partial charge in [-0.05, 0) is 72.4 Å². The van der Waals surface area contributed by atoms with Crippen molar-refractivity contribution in [2.45, 2.75) is 93.4 Å². The number of fused-ring (bicyclic) bond motifs is 2. The second kappa shape index (κ2) is 15.9. The minimum absolute atomic E-state index is 0. The van der Waals surface area contributed by atoms with Crippen molar-refractivity contribution in [2.24, 2.45) is 10.8 Å². The molecule has 48 heavy (non-hydrogen) atoms. The second-order valence-corrected chi connectivity index (χ2v) is 15.0. The zero-order valence-electron chi connectivity index (χ0n) is 30.0. The molecule has 0 bridgehead atoms. The van der Waals surface area contributed by atoms with E-state index in [0.717, 1.165) is 58.4 Å². The van der Waals surface area contributed by atoms with Gasteiger partial charge in [0.2, 0.25) is 0 Å². The Balaban J connectivity index is 0.000000301. The number of hydrogen-bond donors (Lipinski definition) is 1. The molecule has 0 saturated heterocycles. The first-order chi connectivity index (χ1) is 22.2. The number of carbonyl (C=O) groups is 1. The van der Waals surface area contributed by atoms with Gasteiger partial charge >= 0.3 is 0 Å². The third kappa shape index (κ3) is 8.45. The number of pyridine rings is 2. The van der Waals surface area contributed by atoms with Gasteiger partial charge in [0.05, 0.1) is 11.9 Å². The zero-order valence-corrected chi connectivity index (χ0v) is 33.2. The van der Waals surface area contributed by atoms with Gasteiger partial charge in [-0.25, -0.2) is 4.98 Å². The molecular weight excluding hydrogens is 789 g/mol. The van der Waals surface area contributed by atoms with Crippen LogP contribution in [0.3, 0.4) is 0 Å². The van der Waals surface area contributed by atoms with Gasteiger partial charge in [-0.2, -0.15) is 0 Å².